The Morgan fingerprint density at radius 3 is 2.53 bits per heavy atom. The molecule has 0 aliphatic heterocycles. The van der Waals surface area contributed by atoms with Crippen molar-refractivity contribution in [3.63, 3.8) is 0 Å². The van der Waals surface area contributed by atoms with E-state index in [-0.39, 0.29) is 11.6 Å². The Kier molecular flexibility index (Phi) is 5.67. The second kappa shape index (κ2) is 8.73. The van der Waals surface area contributed by atoms with E-state index in [0.717, 1.165) is 17.1 Å². The van der Waals surface area contributed by atoms with Gasteiger partial charge < -0.3 is 8.98 Å². The lowest BCUT2D eigenvalue weighted by Gasteiger charge is -2.10. The summed E-state index contributed by atoms with van der Waals surface area (Å²) >= 11 is 0. The summed E-state index contributed by atoms with van der Waals surface area (Å²) in [6.07, 6.45) is 1.35. The third-order valence-corrected chi connectivity index (χ3v) is 4.99. The van der Waals surface area contributed by atoms with E-state index in [0.29, 0.717) is 22.6 Å². The minimum absolute atomic E-state index is 0.0494. The number of amides is 1. The molecule has 1 N–H and O–H groups in total. The predicted octanol–water partition coefficient (Wildman–Crippen LogP) is 5.03. The highest BCUT2D eigenvalue weighted by molar-refractivity contribution is 5.95. The van der Waals surface area contributed by atoms with Gasteiger partial charge in [0.05, 0.1) is 16.7 Å². The molecule has 4 rings (SSSR count). The monoisotopic (exact) mass is 428 g/mol. The number of furan rings is 1. The first-order valence-corrected chi connectivity index (χ1v) is 9.86. The molecule has 0 aliphatic rings. The zero-order valence-corrected chi connectivity index (χ0v) is 17.5. The molecule has 2 aromatic heterocycles. The van der Waals surface area contributed by atoms with E-state index in [4.69, 9.17) is 4.42 Å². The molecule has 0 aliphatic carbocycles. The van der Waals surface area contributed by atoms with E-state index in [9.17, 15) is 14.9 Å². The minimum Gasteiger partial charge on any atom is -0.455 e. The van der Waals surface area contributed by atoms with Gasteiger partial charge in [0.25, 0.3) is 11.6 Å². The number of nitrogens with one attached hydrogen (secondary N) is 1. The van der Waals surface area contributed by atoms with Crippen molar-refractivity contribution in [2.24, 2.45) is 5.10 Å². The van der Waals surface area contributed by atoms with Crippen molar-refractivity contribution in [1.82, 2.24) is 9.99 Å². The third kappa shape index (κ3) is 4.20. The molecule has 8 nitrogen and oxygen atoms in total. The summed E-state index contributed by atoms with van der Waals surface area (Å²) in [4.78, 5) is 23.3. The second-order valence-electron chi connectivity index (χ2n) is 7.18. The number of nitro benzene ring substituents is 1. The number of nitrogens with zero attached hydrogens (tertiary/aromatic N) is 3. The van der Waals surface area contributed by atoms with Crippen LogP contribution in [0, 0.1) is 24.0 Å². The first-order valence-electron chi connectivity index (χ1n) is 9.86. The van der Waals surface area contributed by atoms with E-state index in [1.165, 1.54) is 12.3 Å². The molecule has 160 valence electrons. The fourth-order valence-corrected chi connectivity index (χ4v) is 3.49. The predicted molar refractivity (Wildman–Crippen MR) is 121 cm³/mol. The molecule has 0 fully saturated rings. The van der Waals surface area contributed by atoms with Gasteiger partial charge in [0.2, 0.25) is 0 Å². The fraction of sp³-hybridized carbons (Fsp3) is 0.0833. The van der Waals surface area contributed by atoms with Gasteiger partial charge in [0, 0.05) is 28.7 Å². The number of benzene rings is 2. The summed E-state index contributed by atoms with van der Waals surface area (Å²) in [5.74, 6) is 0.331. The van der Waals surface area contributed by atoms with Crippen molar-refractivity contribution in [3.8, 4) is 17.0 Å². The van der Waals surface area contributed by atoms with Gasteiger partial charge in [-0.15, -0.1) is 0 Å². The van der Waals surface area contributed by atoms with Crippen molar-refractivity contribution >= 4 is 17.8 Å². The van der Waals surface area contributed by atoms with Crippen molar-refractivity contribution in [2.75, 3.05) is 0 Å². The molecule has 0 saturated carbocycles. The van der Waals surface area contributed by atoms with Gasteiger partial charge in [0.1, 0.15) is 11.5 Å². The summed E-state index contributed by atoms with van der Waals surface area (Å²) < 4.78 is 7.70. The van der Waals surface area contributed by atoms with Crippen molar-refractivity contribution < 1.29 is 14.1 Å². The van der Waals surface area contributed by atoms with Crippen LogP contribution in [0.1, 0.15) is 27.5 Å². The summed E-state index contributed by atoms with van der Waals surface area (Å²) in [6.45, 7) is 4.01. The van der Waals surface area contributed by atoms with Gasteiger partial charge in [-0.05, 0) is 62.4 Å². The van der Waals surface area contributed by atoms with Crippen molar-refractivity contribution in [1.29, 1.82) is 0 Å². The van der Waals surface area contributed by atoms with Gasteiger partial charge in [-0.3, -0.25) is 14.9 Å². The van der Waals surface area contributed by atoms with Gasteiger partial charge in [-0.25, -0.2) is 5.43 Å². The molecule has 32 heavy (non-hydrogen) atoms. The number of aryl methyl sites for hydroxylation is 2. The summed E-state index contributed by atoms with van der Waals surface area (Å²) in [6, 6.07) is 20.9. The second-order valence-corrected chi connectivity index (χ2v) is 7.18. The Morgan fingerprint density at radius 1 is 1.03 bits per heavy atom. The number of hydrogen-bond donors (Lipinski definition) is 1. The van der Waals surface area contributed by atoms with E-state index in [1.54, 1.807) is 42.5 Å². The number of carbonyl (C=O) groups is 1. The van der Waals surface area contributed by atoms with Crippen molar-refractivity contribution in [2.45, 2.75) is 13.8 Å². The molecule has 0 bridgehead atoms. The lowest BCUT2D eigenvalue weighted by atomic mass is 10.1. The van der Waals surface area contributed by atoms with Gasteiger partial charge in [-0.1, -0.05) is 18.2 Å². The zero-order valence-electron chi connectivity index (χ0n) is 17.5. The van der Waals surface area contributed by atoms with Crippen LogP contribution < -0.4 is 5.43 Å². The number of nitro groups is 1. The maximum absolute atomic E-state index is 12.5. The Hall–Kier alpha value is -4.46. The number of hydrogen-bond acceptors (Lipinski definition) is 5. The highest BCUT2D eigenvalue weighted by Gasteiger charge is 2.17. The zero-order chi connectivity index (χ0) is 22.7. The molecular formula is C24H20N4O4. The first-order chi connectivity index (χ1) is 15.4. The summed E-state index contributed by atoms with van der Waals surface area (Å²) in [5.41, 5.74) is 6.30. The number of aromatic nitrogens is 1. The number of rotatable bonds is 6. The fourth-order valence-electron chi connectivity index (χ4n) is 3.49. The van der Waals surface area contributed by atoms with Crippen LogP contribution in [0.4, 0.5) is 5.69 Å². The number of hydrazone groups is 1. The van der Waals surface area contributed by atoms with E-state index < -0.39 is 4.92 Å². The van der Waals surface area contributed by atoms with E-state index in [1.807, 2.05) is 38.1 Å². The Labute approximate surface area is 184 Å². The SMILES string of the molecule is Cc1ccc(C)n1-c1cccc(C(=O)NN=Cc2ccc(-c3ccccc3[N+](=O)[O-])o2)c1. The average Bonchev–Trinajstić information content (AvgIpc) is 3.40. The van der Waals surface area contributed by atoms with Crippen LogP contribution in [0.15, 0.2) is 82.3 Å². The Bertz CT molecular complexity index is 1310. The standard InChI is InChI=1S/C24H20N4O4/c1-16-10-11-17(2)27(16)19-7-5-6-18(14-19)24(29)26-25-15-20-12-13-23(32-20)21-8-3-4-9-22(21)28(30)31/h3-15H,1-2H3,(H,26,29). The smallest absolute Gasteiger partial charge is 0.280 e. The molecule has 4 aromatic rings. The van der Waals surface area contributed by atoms with Crippen LogP contribution in [-0.2, 0) is 0 Å². The first kappa shape index (κ1) is 20.8. The average molecular weight is 428 g/mol. The maximum Gasteiger partial charge on any atom is 0.280 e. The molecule has 8 heteroatoms. The van der Waals surface area contributed by atoms with Crippen LogP contribution in [0.25, 0.3) is 17.0 Å². The molecule has 0 unspecified atom stereocenters. The topological polar surface area (TPSA) is 103 Å². The summed E-state index contributed by atoms with van der Waals surface area (Å²) in [7, 11) is 0. The quantitative estimate of drug-likeness (QED) is 0.264. The van der Waals surface area contributed by atoms with Crippen LogP contribution in [0.3, 0.4) is 0 Å². The normalized spacial score (nSPS) is 11.1. The molecule has 0 atom stereocenters. The summed E-state index contributed by atoms with van der Waals surface area (Å²) in [5, 5.41) is 15.2. The number of carbonyl (C=O) groups excluding carboxylic acids is 1. The molecular weight excluding hydrogens is 408 g/mol. The third-order valence-electron chi connectivity index (χ3n) is 4.99. The van der Waals surface area contributed by atoms with Crippen LogP contribution in [-0.4, -0.2) is 21.6 Å². The lowest BCUT2D eigenvalue weighted by molar-refractivity contribution is -0.384. The molecule has 2 aromatic carbocycles. The highest BCUT2D eigenvalue weighted by atomic mass is 16.6. The van der Waals surface area contributed by atoms with E-state index >= 15 is 0 Å². The highest BCUT2D eigenvalue weighted by Crippen LogP contribution is 2.30. The maximum atomic E-state index is 12.5. The van der Waals surface area contributed by atoms with Gasteiger partial charge >= 0.3 is 0 Å². The molecule has 0 saturated heterocycles. The molecule has 1 amide bonds. The van der Waals surface area contributed by atoms with Gasteiger partial charge in [-0.2, -0.15) is 5.10 Å². The van der Waals surface area contributed by atoms with Crippen LogP contribution >= 0.6 is 0 Å². The minimum atomic E-state index is -0.462. The van der Waals surface area contributed by atoms with Crippen LogP contribution in [0.2, 0.25) is 0 Å². The molecule has 0 radical (unpaired) electrons. The number of para-hydroxylation sites is 1. The Morgan fingerprint density at radius 2 is 1.78 bits per heavy atom. The molecule has 2 heterocycles. The Balaban J connectivity index is 1.47. The molecule has 0 spiro atoms. The van der Waals surface area contributed by atoms with E-state index in [2.05, 4.69) is 15.1 Å². The largest absolute Gasteiger partial charge is 0.455 e. The van der Waals surface area contributed by atoms with Crippen LogP contribution in [0.5, 0.6) is 0 Å². The lowest BCUT2D eigenvalue weighted by Crippen LogP contribution is -2.17. The van der Waals surface area contributed by atoms with Gasteiger partial charge in [0.15, 0.2) is 0 Å². The van der Waals surface area contributed by atoms with Crippen molar-refractivity contribution in [3.05, 3.63) is 106 Å².